The Morgan fingerprint density at radius 1 is 0.400 bits per heavy atom. The first-order valence-electron chi connectivity index (χ1n) is 16.8. The van der Waals surface area contributed by atoms with Crippen molar-refractivity contribution >= 4 is 75.4 Å². The van der Waals surface area contributed by atoms with Crippen LogP contribution >= 0.6 is 0 Å². The maximum Gasteiger partial charge on any atom is 0.101 e. The van der Waals surface area contributed by atoms with Gasteiger partial charge in [-0.15, -0.1) is 0 Å². The van der Waals surface area contributed by atoms with E-state index in [0.717, 1.165) is 33.3 Å². The van der Waals surface area contributed by atoms with Gasteiger partial charge in [0.2, 0.25) is 0 Å². The molecule has 8 aromatic carbocycles. The molecule has 0 atom stereocenters. The summed E-state index contributed by atoms with van der Waals surface area (Å²) < 4.78 is 0. The van der Waals surface area contributed by atoms with Gasteiger partial charge in [-0.1, -0.05) is 48.5 Å². The van der Waals surface area contributed by atoms with Crippen molar-refractivity contribution in [1.82, 2.24) is 9.97 Å². The van der Waals surface area contributed by atoms with E-state index in [0.29, 0.717) is 11.1 Å². The van der Waals surface area contributed by atoms with Gasteiger partial charge >= 0.3 is 0 Å². The number of nitrogens with zero attached hydrogens (tertiary/aromatic N) is 4. The number of hydrogen-bond donors (Lipinski definition) is 0. The van der Waals surface area contributed by atoms with Gasteiger partial charge in [0.15, 0.2) is 0 Å². The average Bonchev–Trinajstić information content (AvgIpc) is 3.61. The zero-order chi connectivity index (χ0) is 34.0. The minimum Gasteiger partial charge on any atom is -0.255 e. The molecule has 0 fully saturated rings. The zero-order valence-electron chi connectivity index (χ0n) is 28.0. The minimum atomic E-state index is 0.538. The number of pyridine rings is 2. The predicted molar refractivity (Wildman–Crippen MR) is 206 cm³/mol. The summed E-state index contributed by atoms with van der Waals surface area (Å²) in [5.74, 6) is 0. The van der Waals surface area contributed by atoms with E-state index in [2.05, 4.69) is 100 Å². The number of rotatable bonds is 2. The maximum atomic E-state index is 9.62. The van der Waals surface area contributed by atoms with Crippen LogP contribution in [0.15, 0.2) is 97.3 Å². The lowest BCUT2D eigenvalue weighted by molar-refractivity contribution is 1.31. The Labute approximate surface area is 288 Å². The van der Waals surface area contributed by atoms with Crippen molar-refractivity contribution in [3.63, 3.8) is 0 Å². The first-order valence-corrected chi connectivity index (χ1v) is 16.8. The molecule has 0 aliphatic carbocycles. The number of aryl methyl sites for hydroxylation is 4. The van der Waals surface area contributed by atoms with Crippen molar-refractivity contribution in [3.8, 4) is 34.7 Å². The van der Waals surface area contributed by atoms with Crippen LogP contribution in [0, 0.1) is 50.4 Å². The SMILES string of the molecule is Cc1cc2cc(C)cc3c2c(c1)c1c(-c2ccc(C#N)cn2)cc2c(cc(-c4ccc(C#N)cn4)c4c5cc(C)cc6cc(C)cc(c65)c24)c31. The van der Waals surface area contributed by atoms with E-state index >= 15 is 0 Å². The largest absolute Gasteiger partial charge is 0.255 e. The van der Waals surface area contributed by atoms with Gasteiger partial charge in [-0.3, -0.25) is 9.97 Å². The fraction of sp³-hybridized carbons (Fsp3) is 0.0870. The van der Waals surface area contributed by atoms with Crippen LogP contribution in [-0.2, 0) is 0 Å². The summed E-state index contributed by atoms with van der Waals surface area (Å²) in [7, 11) is 0. The highest BCUT2D eigenvalue weighted by atomic mass is 14.7. The number of hydrogen-bond acceptors (Lipinski definition) is 4. The molecule has 4 heteroatoms. The molecule has 0 aliphatic rings. The molecule has 0 amide bonds. The fourth-order valence-corrected chi connectivity index (χ4v) is 8.72. The second-order valence-corrected chi connectivity index (χ2v) is 14.0. The third-order valence-corrected chi connectivity index (χ3v) is 10.5. The quantitative estimate of drug-likeness (QED) is 0.189. The highest BCUT2D eigenvalue weighted by molar-refractivity contribution is 6.44. The first-order chi connectivity index (χ1) is 24.3. The zero-order valence-corrected chi connectivity index (χ0v) is 28.0. The molecule has 0 spiro atoms. The minimum absolute atomic E-state index is 0.538. The Bertz CT molecular complexity index is 2950. The lowest BCUT2D eigenvalue weighted by Crippen LogP contribution is -1.90. The van der Waals surface area contributed by atoms with Gasteiger partial charge < -0.3 is 0 Å². The van der Waals surface area contributed by atoms with E-state index in [-0.39, 0.29) is 0 Å². The van der Waals surface area contributed by atoms with Gasteiger partial charge in [0, 0.05) is 34.3 Å². The smallest absolute Gasteiger partial charge is 0.101 e. The van der Waals surface area contributed by atoms with Crippen LogP contribution < -0.4 is 0 Å². The molecular formula is C46H28N4. The summed E-state index contributed by atoms with van der Waals surface area (Å²) in [5.41, 5.74) is 9.71. The van der Waals surface area contributed by atoms with Gasteiger partial charge in [0.25, 0.3) is 0 Å². The molecule has 10 aromatic rings. The van der Waals surface area contributed by atoms with Crippen molar-refractivity contribution in [2.75, 3.05) is 0 Å². The summed E-state index contributed by atoms with van der Waals surface area (Å²) in [6.45, 7) is 8.69. The molecular weight excluding hydrogens is 609 g/mol. The molecule has 0 unspecified atom stereocenters. The fourth-order valence-electron chi connectivity index (χ4n) is 8.72. The molecule has 0 saturated carbocycles. The molecule has 2 aromatic heterocycles. The molecule has 0 bridgehead atoms. The van der Waals surface area contributed by atoms with E-state index in [4.69, 9.17) is 9.97 Å². The summed E-state index contributed by atoms with van der Waals surface area (Å²) in [6, 6.07) is 35.3. The van der Waals surface area contributed by atoms with Gasteiger partial charge in [-0.2, -0.15) is 10.5 Å². The van der Waals surface area contributed by atoms with Gasteiger partial charge in [0.05, 0.1) is 22.5 Å². The van der Waals surface area contributed by atoms with Gasteiger partial charge in [-0.25, -0.2) is 0 Å². The molecule has 0 aliphatic heterocycles. The monoisotopic (exact) mass is 636 g/mol. The van der Waals surface area contributed by atoms with Crippen molar-refractivity contribution in [2.45, 2.75) is 27.7 Å². The summed E-state index contributed by atoms with van der Waals surface area (Å²) in [4.78, 5) is 9.78. The van der Waals surface area contributed by atoms with Crippen molar-refractivity contribution in [2.24, 2.45) is 0 Å². The summed E-state index contributed by atoms with van der Waals surface area (Å²) in [5, 5.41) is 36.2. The van der Waals surface area contributed by atoms with Crippen LogP contribution in [0.1, 0.15) is 33.4 Å². The van der Waals surface area contributed by atoms with Crippen LogP contribution in [-0.4, -0.2) is 9.97 Å². The van der Waals surface area contributed by atoms with Crippen LogP contribution in [0.4, 0.5) is 0 Å². The summed E-state index contributed by atoms with van der Waals surface area (Å²) in [6.07, 6.45) is 3.35. The van der Waals surface area contributed by atoms with Gasteiger partial charge in [0.1, 0.15) is 12.1 Å². The first kappa shape index (κ1) is 28.4. The topological polar surface area (TPSA) is 73.4 Å². The molecule has 2 heterocycles. The third-order valence-electron chi connectivity index (χ3n) is 10.5. The van der Waals surface area contributed by atoms with E-state index < -0.39 is 0 Å². The van der Waals surface area contributed by atoms with E-state index in [1.165, 1.54) is 86.9 Å². The van der Waals surface area contributed by atoms with E-state index in [1.54, 1.807) is 12.4 Å². The highest BCUT2D eigenvalue weighted by Crippen LogP contribution is 2.52. The molecule has 4 nitrogen and oxygen atoms in total. The normalized spacial score (nSPS) is 12.0. The second-order valence-electron chi connectivity index (χ2n) is 14.0. The van der Waals surface area contributed by atoms with E-state index in [1.807, 2.05) is 24.3 Å². The van der Waals surface area contributed by atoms with Crippen molar-refractivity contribution < 1.29 is 0 Å². The van der Waals surface area contributed by atoms with Gasteiger partial charge in [-0.05, 0) is 151 Å². The number of nitriles is 2. The number of aromatic nitrogens is 2. The average molecular weight is 637 g/mol. The Hall–Kier alpha value is -6.62. The molecule has 0 radical (unpaired) electrons. The second kappa shape index (κ2) is 9.95. The predicted octanol–water partition coefficient (Wildman–Crippen LogP) is 11.7. The number of benzene rings is 6. The lowest BCUT2D eigenvalue weighted by atomic mass is 9.90. The van der Waals surface area contributed by atoms with Crippen LogP contribution in [0.2, 0.25) is 0 Å². The standard InChI is InChI=1S/C46H28N4/c1-23-9-29-11-25(3)15-37-41(29)35(13-23)43-31-17-34(40-8-6-28(20-48)22-50-40)46-38-16-26(4)12-30-10-24(2)14-36(42(30)38)44(46)32(31)18-33(45(37)43)39-7-5-27(19-47)21-49-39/h5-18,21-22H,1-4H3. The van der Waals surface area contributed by atoms with Crippen LogP contribution in [0.25, 0.3) is 97.9 Å². The Morgan fingerprint density at radius 3 is 1.08 bits per heavy atom. The van der Waals surface area contributed by atoms with Crippen LogP contribution in [0.5, 0.6) is 0 Å². The summed E-state index contributed by atoms with van der Waals surface area (Å²) >= 11 is 0. The van der Waals surface area contributed by atoms with Crippen LogP contribution in [0.3, 0.4) is 0 Å². The molecule has 50 heavy (non-hydrogen) atoms. The molecule has 0 N–H and O–H groups in total. The molecule has 232 valence electrons. The third kappa shape index (κ3) is 3.79. The van der Waals surface area contributed by atoms with Crippen molar-refractivity contribution in [3.05, 3.63) is 131 Å². The number of fused-ring (bicyclic) bond motifs is 9. The van der Waals surface area contributed by atoms with E-state index in [9.17, 15) is 10.5 Å². The maximum absolute atomic E-state index is 9.62. The molecule has 10 rings (SSSR count). The highest BCUT2D eigenvalue weighted by Gasteiger charge is 2.25. The Morgan fingerprint density at radius 2 is 0.760 bits per heavy atom. The molecule has 0 saturated heterocycles. The Kier molecular flexibility index (Phi) is 5.65. The Balaban J connectivity index is 1.53. The lowest BCUT2D eigenvalue weighted by Gasteiger charge is -2.14. The van der Waals surface area contributed by atoms with Crippen molar-refractivity contribution in [1.29, 1.82) is 10.5 Å².